The molecule has 27 heavy (non-hydrogen) atoms. The lowest BCUT2D eigenvalue weighted by Gasteiger charge is -2.23. The van der Waals surface area contributed by atoms with Crippen LogP contribution in [0, 0.1) is 13.8 Å². The van der Waals surface area contributed by atoms with E-state index in [1.807, 2.05) is 51.0 Å². The third-order valence-electron chi connectivity index (χ3n) is 4.67. The third-order valence-corrected chi connectivity index (χ3v) is 5.68. The molecule has 0 unspecified atom stereocenters. The van der Waals surface area contributed by atoms with Crippen LogP contribution in [0.15, 0.2) is 36.5 Å². The van der Waals surface area contributed by atoms with E-state index in [1.54, 1.807) is 35.0 Å². The first kappa shape index (κ1) is 19.2. The zero-order chi connectivity index (χ0) is 19.6. The van der Waals surface area contributed by atoms with E-state index in [9.17, 15) is 9.59 Å². The van der Waals surface area contributed by atoms with Crippen molar-refractivity contribution in [2.75, 3.05) is 35.9 Å². The summed E-state index contributed by atoms with van der Waals surface area (Å²) >= 11 is 1.59. The van der Waals surface area contributed by atoms with Gasteiger partial charge in [0.1, 0.15) is 11.9 Å². The van der Waals surface area contributed by atoms with Gasteiger partial charge in [-0.1, -0.05) is 6.07 Å². The minimum absolute atomic E-state index is 0.147. The van der Waals surface area contributed by atoms with Crippen LogP contribution in [0.4, 0.5) is 11.5 Å². The number of nitrogens with one attached hydrogen (secondary N) is 1. The molecule has 1 atom stereocenters. The molecular formula is C20H24N4O2S. The molecule has 6 nitrogen and oxygen atoms in total. The number of rotatable bonds is 4. The zero-order valence-electron chi connectivity index (χ0n) is 16.0. The molecule has 0 saturated carbocycles. The molecule has 142 valence electrons. The number of hydrogen-bond acceptors (Lipinski definition) is 5. The Balaban J connectivity index is 1.76. The maximum atomic E-state index is 13.0. The fourth-order valence-electron chi connectivity index (χ4n) is 2.87. The van der Waals surface area contributed by atoms with E-state index in [2.05, 4.69) is 10.3 Å². The molecule has 0 radical (unpaired) electrons. The van der Waals surface area contributed by atoms with Crippen molar-refractivity contribution in [2.24, 2.45) is 0 Å². The number of carbonyl (C=O) groups excluding carboxylic acids is 2. The summed E-state index contributed by atoms with van der Waals surface area (Å²) in [7, 11) is 3.75. The van der Waals surface area contributed by atoms with Gasteiger partial charge in [-0.05, 0) is 49.2 Å². The maximum absolute atomic E-state index is 13.0. The highest BCUT2D eigenvalue weighted by atomic mass is 32.2. The summed E-state index contributed by atoms with van der Waals surface area (Å²) < 4.78 is 0. The Bertz CT molecular complexity index is 869. The van der Waals surface area contributed by atoms with E-state index >= 15 is 0 Å². The fraction of sp³-hybridized carbons (Fsp3) is 0.350. The molecule has 2 amide bonds. The van der Waals surface area contributed by atoms with Gasteiger partial charge in [-0.3, -0.25) is 9.59 Å². The van der Waals surface area contributed by atoms with E-state index in [4.69, 9.17) is 0 Å². The molecule has 1 aliphatic heterocycles. The van der Waals surface area contributed by atoms with Gasteiger partial charge in [-0.15, -0.1) is 11.8 Å². The van der Waals surface area contributed by atoms with Crippen LogP contribution in [-0.2, 0) is 4.79 Å². The van der Waals surface area contributed by atoms with Gasteiger partial charge >= 0.3 is 0 Å². The summed E-state index contributed by atoms with van der Waals surface area (Å²) in [6, 6.07) is 8.78. The Hall–Kier alpha value is -2.54. The molecule has 1 N–H and O–H groups in total. The number of aryl methyl sites for hydroxylation is 2. The van der Waals surface area contributed by atoms with Crippen molar-refractivity contribution in [3.63, 3.8) is 0 Å². The summed E-state index contributed by atoms with van der Waals surface area (Å²) in [6.45, 7) is 4.05. The number of amides is 2. The van der Waals surface area contributed by atoms with Gasteiger partial charge in [0, 0.05) is 37.3 Å². The molecule has 1 aromatic carbocycles. The van der Waals surface area contributed by atoms with Crippen LogP contribution in [0.5, 0.6) is 0 Å². The molecule has 1 fully saturated rings. The van der Waals surface area contributed by atoms with E-state index < -0.39 is 6.04 Å². The molecule has 1 aliphatic rings. The highest BCUT2D eigenvalue weighted by Gasteiger charge is 2.35. The van der Waals surface area contributed by atoms with Crippen LogP contribution < -0.4 is 10.2 Å². The molecular weight excluding hydrogens is 360 g/mol. The predicted octanol–water partition coefficient (Wildman–Crippen LogP) is 2.92. The maximum Gasteiger partial charge on any atom is 0.255 e. The Morgan fingerprint density at radius 1 is 1.19 bits per heavy atom. The predicted molar refractivity (Wildman–Crippen MR) is 110 cm³/mol. The number of carbonyl (C=O) groups is 2. The normalized spacial score (nSPS) is 16.3. The number of nitrogens with zero attached hydrogens (tertiary/aromatic N) is 3. The van der Waals surface area contributed by atoms with Gasteiger partial charge < -0.3 is 15.1 Å². The lowest BCUT2D eigenvalue weighted by Crippen LogP contribution is -2.44. The summed E-state index contributed by atoms with van der Waals surface area (Å²) in [4.78, 5) is 33.5. The molecule has 2 heterocycles. The average Bonchev–Trinajstić information content (AvgIpc) is 3.14. The van der Waals surface area contributed by atoms with Crippen molar-refractivity contribution < 1.29 is 9.59 Å². The monoisotopic (exact) mass is 384 g/mol. The van der Waals surface area contributed by atoms with Crippen LogP contribution >= 0.6 is 11.8 Å². The van der Waals surface area contributed by atoms with Gasteiger partial charge in [0.05, 0.1) is 5.88 Å². The van der Waals surface area contributed by atoms with E-state index in [1.165, 1.54) is 5.56 Å². The molecule has 7 heteroatoms. The van der Waals surface area contributed by atoms with Crippen LogP contribution in [0.25, 0.3) is 0 Å². The van der Waals surface area contributed by atoms with Gasteiger partial charge in [0.15, 0.2) is 0 Å². The van der Waals surface area contributed by atoms with Crippen molar-refractivity contribution >= 4 is 35.1 Å². The zero-order valence-corrected chi connectivity index (χ0v) is 16.8. The van der Waals surface area contributed by atoms with Crippen molar-refractivity contribution in [1.29, 1.82) is 0 Å². The van der Waals surface area contributed by atoms with E-state index in [0.717, 1.165) is 11.3 Å². The number of thioether (sulfide) groups is 1. The van der Waals surface area contributed by atoms with Crippen molar-refractivity contribution in [3.8, 4) is 0 Å². The average molecular weight is 385 g/mol. The van der Waals surface area contributed by atoms with Crippen LogP contribution in [0.3, 0.4) is 0 Å². The highest BCUT2D eigenvalue weighted by Crippen LogP contribution is 2.25. The number of pyridine rings is 1. The standard InChI is InChI=1S/C20H24N4O2S/c1-13-5-6-16(9-14(13)2)22-19(25)17-11-27-12-24(17)20(26)15-7-8-21-18(10-15)23(3)4/h5-10,17H,11-12H2,1-4H3,(H,22,25)/t17-/m1/s1. The van der Waals surface area contributed by atoms with Crippen LogP contribution in [0.1, 0.15) is 21.5 Å². The fourth-order valence-corrected chi connectivity index (χ4v) is 4.02. The summed E-state index contributed by atoms with van der Waals surface area (Å²) in [5, 5.41) is 2.95. The summed E-state index contributed by atoms with van der Waals surface area (Å²) in [6.07, 6.45) is 1.62. The minimum atomic E-state index is -0.486. The van der Waals surface area contributed by atoms with E-state index in [0.29, 0.717) is 23.0 Å². The number of aromatic nitrogens is 1. The molecule has 3 rings (SSSR count). The second kappa shape index (κ2) is 8.00. The van der Waals surface area contributed by atoms with Gasteiger partial charge in [-0.25, -0.2) is 4.98 Å². The summed E-state index contributed by atoms with van der Waals surface area (Å²) in [5.74, 6) is 1.50. The summed E-state index contributed by atoms with van der Waals surface area (Å²) in [5.41, 5.74) is 3.59. The second-order valence-electron chi connectivity index (χ2n) is 6.88. The topological polar surface area (TPSA) is 65.5 Å². The lowest BCUT2D eigenvalue weighted by atomic mass is 10.1. The Kier molecular flexibility index (Phi) is 5.70. The molecule has 0 aliphatic carbocycles. The molecule has 1 saturated heterocycles. The Morgan fingerprint density at radius 3 is 2.67 bits per heavy atom. The van der Waals surface area contributed by atoms with Crippen molar-refractivity contribution in [1.82, 2.24) is 9.88 Å². The SMILES string of the molecule is Cc1ccc(NC(=O)[C@H]2CSCN2C(=O)c2ccnc(N(C)C)c2)cc1C. The minimum Gasteiger partial charge on any atom is -0.363 e. The van der Waals surface area contributed by atoms with Gasteiger partial charge in [0.25, 0.3) is 5.91 Å². The lowest BCUT2D eigenvalue weighted by molar-refractivity contribution is -0.119. The van der Waals surface area contributed by atoms with Crippen molar-refractivity contribution in [2.45, 2.75) is 19.9 Å². The first-order valence-electron chi connectivity index (χ1n) is 8.77. The van der Waals surface area contributed by atoms with Gasteiger partial charge in [-0.2, -0.15) is 0 Å². The molecule has 2 aromatic rings. The number of hydrogen-bond donors (Lipinski definition) is 1. The number of benzene rings is 1. The Labute approximate surface area is 164 Å². The van der Waals surface area contributed by atoms with Crippen LogP contribution in [0.2, 0.25) is 0 Å². The van der Waals surface area contributed by atoms with Crippen molar-refractivity contribution in [3.05, 3.63) is 53.2 Å². The highest BCUT2D eigenvalue weighted by molar-refractivity contribution is 7.99. The first-order chi connectivity index (χ1) is 12.9. The molecule has 1 aromatic heterocycles. The largest absolute Gasteiger partial charge is 0.363 e. The van der Waals surface area contributed by atoms with Gasteiger partial charge in [0.2, 0.25) is 5.91 Å². The van der Waals surface area contributed by atoms with E-state index in [-0.39, 0.29) is 11.8 Å². The third kappa shape index (κ3) is 4.24. The first-order valence-corrected chi connectivity index (χ1v) is 9.92. The number of anilines is 2. The molecule has 0 bridgehead atoms. The smallest absolute Gasteiger partial charge is 0.255 e. The quantitative estimate of drug-likeness (QED) is 0.878. The van der Waals surface area contributed by atoms with Crippen LogP contribution in [-0.4, -0.2) is 53.5 Å². The molecule has 0 spiro atoms. The Morgan fingerprint density at radius 2 is 1.96 bits per heavy atom. The second-order valence-corrected chi connectivity index (χ2v) is 7.88.